The minimum absolute atomic E-state index is 0.131. The highest BCUT2D eigenvalue weighted by Gasteiger charge is 2.27. The molecular formula is C14H20BrFN2. The van der Waals surface area contributed by atoms with Crippen molar-refractivity contribution in [2.75, 3.05) is 18.0 Å². The van der Waals surface area contributed by atoms with E-state index in [0.29, 0.717) is 12.1 Å². The zero-order valence-electron chi connectivity index (χ0n) is 10.9. The first kappa shape index (κ1) is 13.8. The molecule has 0 radical (unpaired) electrons. The summed E-state index contributed by atoms with van der Waals surface area (Å²) in [5, 5.41) is 3.53. The molecule has 0 spiro atoms. The third-order valence-electron chi connectivity index (χ3n) is 3.68. The molecule has 1 aliphatic heterocycles. The van der Waals surface area contributed by atoms with Crippen molar-refractivity contribution in [1.82, 2.24) is 5.32 Å². The second kappa shape index (κ2) is 6.02. The molecule has 4 heteroatoms. The lowest BCUT2D eigenvalue weighted by Gasteiger charge is -2.41. The van der Waals surface area contributed by atoms with Gasteiger partial charge in [0.25, 0.3) is 0 Å². The number of hydrogen-bond acceptors (Lipinski definition) is 2. The van der Waals surface area contributed by atoms with Crippen LogP contribution in [-0.2, 0) is 0 Å². The Morgan fingerprint density at radius 1 is 1.39 bits per heavy atom. The van der Waals surface area contributed by atoms with Crippen molar-refractivity contribution in [2.24, 2.45) is 0 Å². The monoisotopic (exact) mass is 314 g/mol. The highest BCUT2D eigenvalue weighted by atomic mass is 79.9. The van der Waals surface area contributed by atoms with Crippen LogP contribution in [0, 0.1) is 5.82 Å². The van der Waals surface area contributed by atoms with E-state index in [-0.39, 0.29) is 5.82 Å². The maximum atomic E-state index is 14.0. The molecular weight excluding hydrogens is 295 g/mol. The Labute approximate surface area is 117 Å². The quantitative estimate of drug-likeness (QED) is 0.917. The van der Waals surface area contributed by atoms with E-state index in [1.807, 2.05) is 6.07 Å². The average molecular weight is 315 g/mol. The maximum absolute atomic E-state index is 14.0. The SMILES string of the molecule is CCC1CN(c2cc(Br)ccc2F)C(CC)CN1. The van der Waals surface area contributed by atoms with Crippen LogP contribution in [0.1, 0.15) is 26.7 Å². The van der Waals surface area contributed by atoms with Crippen molar-refractivity contribution in [2.45, 2.75) is 38.8 Å². The summed E-state index contributed by atoms with van der Waals surface area (Å²) in [6.07, 6.45) is 2.10. The molecule has 0 aliphatic carbocycles. The molecule has 2 unspecified atom stereocenters. The minimum Gasteiger partial charge on any atom is -0.363 e. The fraction of sp³-hybridized carbons (Fsp3) is 0.571. The van der Waals surface area contributed by atoms with Crippen LogP contribution in [-0.4, -0.2) is 25.2 Å². The summed E-state index contributed by atoms with van der Waals surface area (Å²) in [4.78, 5) is 2.21. The smallest absolute Gasteiger partial charge is 0.146 e. The van der Waals surface area contributed by atoms with Gasteiger partial charge in [-0.3, -0.25) is 0 Å². The van der Waals surface area contributed by atoms with E-state index >= 15 is 0 Å². The number of nitrogens with one attached hydrogen (secondary N) is 1. The molecule has 0 amide bonds. The van der Waals surface area contributed by atoms with E-state index in [9.17, 15) is 4.39 Å². The Bertz CT molecular complexity index is 411. The summed E-state index contributed by atoms with van der Waals surface area (Å²) >= 11 is 3.43. The molecule has 1 N–H and O–H groups in total. The van der Waals surface area contributed by atoms with Gasteiger partial charge in [-0.25, -0.2) is 4.39 Å². The van der Waals surface area contributed by atoms with E-state index < -0.39 is 0 Å². The highest BCUT2D eigenvalue weighted by Crippen LogP contribution is 2.28. The van der Waals surface area contributed by atoms with Gasteiger partial charge in [-0.1, -0.05) is 29.8 Å². The van der Waals surface area contributed by atoms with Crippen LogP contribution in [0.4, 0.5) is 10.1 Å². The maximum Gasteiger partial charge on any atom is 0.146 e. The summed E-state index contributed by atoms with van der Waals surface area (Å²) in [6.45, 7) is 6.13. The minimum atomic E-state index is -0.131. The predicted molar refractivity (Wildman–Crippen MR) is 77.6 cm³/mol. The summed E-state index contributed by atoms with van der Waals surface area (Å²) in [7, 11) is 0. The molecule has 1 fully saturated rings. The van der Waals surface area contributed by atoms with E-state index in [1.165, 1.54) is 6.07 Å². The Hall–Kier alpha value is -0.610. The Balaban J connectivity index is 2.29. The number of halogens is 2. The standard InChI is InChI=1S/C14H20BrFN2/c1-3-11-9-18(12(4-2)8-17-11)14-7-10(15)5-6-13(14)16/h5-7,11-12,17H,3-4,8-9H2,1-2H3. The van der Waals surface area contributed by atoms with Crippen LogP contribution in [0.15, 0.2) is 22.7 Å². The average Bonchev–Trinajstić information content (AvgIpc) is 2.40. The molecule has 0 saturated carbocycles. The second-order valence-electron chi connectivity index (χ2n) is 4.82. The second-order valence-corrected chi connectivity index (χ2v) is 5.74. The van der Waals surface area contributed by atoms with Gasteiger partial charge in [0.15, 0.2) is 0 Å². The molecule has 1 heterocycles. The highest BCUT2D eigenvalue weighted by molar-refractivity contribution is 9.10. The number of piperazine rings is 1. The summed E-state index contributed by atoms with van der Waals surface area (Å²) in [6, 6.07) is 5.99. The van der Waals surface area contributed by atoms with Crippen molar-refractivity contribution in [3.05, 3.63) is 28.5 Å². The van der Waals surface area contributed by atoms with Crippen LogP contribution in [0.2, 0.25) is 0 Å². The Kier molecular flexibility index (Phi) is 4.62. The van der Waals surface area contributed by atoms with Gasteiger partial charge in [0, 0.05) is 29.6 Å². The van der Waals surface area contributed by atoms with E-state index in [2.05, 4.69) is 40.0 Å². The molecule has 100 valence electrons. The van der Waals surface area contributed by atoms with Gasteiger partial charge < -0.3 is 10.2 Å². The van der Waals surface area contributed by atoms with Crippen molar-refractivity contribution in [3.8, 4) is 0 Å². The number of anilines is 1. The first-order valence-corrected chi connectivity index (χ1v) is 7.40. The van der Waals surface area contributed by atoms with Crippen molar-refractivity contribution in [1.29, 1.82) is 0 Å². The van der Waals surface area contributed by atoms with E-state index in [4.69, 9.17) is 0 Å². The fourth-order valence-electron chi connectivity index (χ4n) is 2.50. The van der Waals surface area contributed by atoms with Crippen LogP contribution < -0.4 is 10.2 Å². The number of nitrogens with zero attached hydrogens (tertiary/aromatic N) is 1. The molecule has 2 nitrogen and oxygen atoms in total. The fourth-order valence-corrected chi connectivity index (χ4v) is 2.85. The van der Waals surface area contributed by atoms with Gasteiger partial charge in [-0.05, 0) is 31.0 Å². The van der Waals surface area contributed by atoms with Crippen LogP contribution >= 0.6 is 15.9 Å². The van der Waals surface area contributed by atoms with Crippen LogP contribution in [0.3, 0.4) is 0 Å². The van der Waals surface area contributed by atoms with Crippen molar-refractivity contribution < 1.29 is 4.39 Å². The van der Waals surface area contributed by atoms with Crippen molar-refractivity contribution in [3.63, 3.8) is 0 Å². The summed E-state index contributed by atoms with van der Waals surface area (Å²) in [5.41, 5.74) is 0.719. The van der Waals surface area contributed by atoms with Gasteiger partial charge in [-0.2, -0.15) is 0 Å². The lowest BCUT2D eigenvalue weighted by atomic mass is 10.0. The molecule has 2 atom stereocenters. The topological polar surface area (TPSA) is 15.3 Å². The number of benzene rings is 1. The molecule has 18 heavy (non-hydrogen) atoms. The summed E-state index contributed by atoms with van der Waals surface area (Å²) < 4.78 is 14.9. The molecule has 1 saturated heterocycles. The van der Waals surface area contributed by atoms with Gasteiger partial charge in [0.2, 0.25) is 0 Å². The lowest BCUT2D eigenvalue weighted by molar-refractivity contribution is 0.375. The third kappa shape index (κ3) is 2.86. The zero-order valence-corrected chi connectivity index (χ0v) is 12.5. The normalized spacial score (nSPS) is 24.3. The van der Waals surface area contributed by atoms with Gasteiger partial charge in [0.05, 0.1) is 5.69 Å². The Morgan fingerprint density at radius 2 is 2.17 bits per heavy atom. The van der Waals surface area contributed by atoms with Crippen LogP contribution in [0.5, 0.6) is 0 Å². The molecule has 0 aromatic heterocycles. The van der Waals surface area contributed by atoms with Gasteiger partial charge >= 0.3 is 0 Å². The molecule has 1 aliphatic rings. The molecule has 2 rings (SSSR count). The molecule has 0 bridgehead atoms. The van der Waals surface area contributed by atoms with E-state index in [0.717, 1.165) is 36.1 Å². The first-order chi connectivity index (χ1) is 8.65. The largest absolute Gasteiger partial charge is 0.363 e. The van der Waals surface area contributed by atoms with Gasteiger partial charge in [0.1, 0.15) is 5.82 Å². The molecule has 1 aromatic rings. The third-order valence-corrected chi connectivity index (χ3v) is 4.17. The summed E-state index contributed by atoms with van der Waals surface area (Å²) in [5.74, 6) is -0.131. The predicted octanol–water partition coefficient (Wildman–Crippen LogP) is 3.56. The lowest BCUT2D eigenvalue weighted by Crippen LogP contribution is -2.56. The number of hydrogen-bond donors (Lipinski definition) is 1. The zero-order chi connectivity index (χ0) is 13.1. The van der Waals surface area contributed by atoms with Gasteiger partial charge in [-0.15, -0.1) is 0 Å². The molecule has 1 aromatic carbocycles. The number of rotatable bonds is 3. The Morgan fingerprint density at radius 3 is 2.83 bits per heavy atom. The van der Waals surface area contributed by atoms with E-state index in [1.54, 1.807) is 6.07 Å². The van der Waals surface area contributed by atoms with Crippen LogP contribution in [0.25, 0.3) is 0 Å². The van der Waals surface area contributed by atoms with Crippen molar-refractivity contribution >= 4 is 21.6 Å². The first-order valence-electron chi connectivity index (χ1n) is 6.60.